The molecule has 0 amide bonds. The van der Waals surface area contributed by atoms with Crippen molar-refractivity contribution in [2.75, 3.05) is 4.90 Å². The van der Waals surface area contributed by atoms with Crippen molar-refractivity contribution in [1.29, 1.82) is 0 Å². The third-order valence-electron chi connectivity index (χ3n) is 8.12. The van der Waals surface area contributed by atoms with Crippen molar-refractivity contribution in [2.45, 2.75) is 0 Å². The Morgan fingerprint density at radius 2 is 1.28 bits per heavy atom. The first-order valence-electron chi connectivity index (χ1n) is 14.2. The Labute approximate surface area is 246 Å². The molecule has 202 valence electrons. The topological polar surface area (TPSA) is 55.3 Å². The highest BCUT2D eigenvalue weighted by Crippen LogP contribution is 2.44. The van der Waals surface area contributed by atoms with Crippen molar-refractivity contribution in [3.05, 3.63) is 140 Å². The fourth-order valence-corrected chi connectivity index (χ4v) is 6.20. The summed E-state index contributed by atoms with van der Waals surface area (Å²) in [6.45, 7) is 0. The standard InChI is InChI=1S/C38H23N3O2/c1-2-10-24(11-3-1)30-23-26(22-25-12-4-5-13-27(25)30)41(31-20-21-39-38-36(31)28-14-6-8-16-32(28)43-38)35-19-18-34-37(40-35)29-15-7-9-17-33(29)42-34/h1-23H. The van der Waals surface area contributed by atoms with E-state index in [9.17, 15) is 0 Å². The fourth-order valence-electron chi connectivity index (χ4n) is 6.20. The molecule has 0 saturated heterocycles. The van der Waals surface area contributed by atoms with Gasteiger partial charge in [0.05, 0.1) is 11.1 Å². The van der Waals surface area contributed by atoms with Gasteiger partial charge in [-0.3, -0.25) is 4.90 Å². The zero-order chi connectivity index (χ0) is 28.3. The number of hydrogen-bond donors (Lipinski definition) is 0. The third kappa shape index (κ3) is 3.72. The van der Waals surface area contributed by atoms with E-state index in [0.29, 0.717) is 5.71 Å². The van der Waals surface area contributed by atoms with Crippen molar-refractivity contribution in [3.8, 4) is 11.1 Å². The van der Waals surface area contributed by atoms with Crippen LogP contribution in [0.25, 0.3) is 66.0 Å². The second kappa shape index (κ2) is 9.29. The molecular formula is C38H23N3O2. The molecule has 0 saturated carbocycles. The Hall–Kier alpha value is -5.94. The molecule has 5 nitrogen and oxygen atoms in total. The van der Waals surface area contributed by atoms with Gasteiger partial charge in [-0.1, -0.05) is 84.9 Å². The molecule has 0 aliphatic carbocycles. The molecule has 5 heteroatoms. The molecule has 0 fully saturated rings. The van der Waals surface area contributed by atoms with Crippen molar-refractivity contribution in [1.82, 2.24) is 9.97 Å². The van der Waals surface area contributed by atoms with E-state index in [-0.39, 0.29) is 0 Å². The molecule has 0 spiro atoms. The molecule has 0 atom stereocenters. The molecule has 43 heavy (non-hydrogen) atoms. The summed E-state index contributed by atoms with van der Waals surface area (Å²) in [5.41, 5.74) is 7.99. The first kappa shape index (κ1) is 23.7. The first-order chi connectivity index (χ1) is 21.3. The predicted molar refractivity (Wildman–Crippen MR) is 174 cm³/mol. The third-order valence-corrected chi connectivity index (χ3v) is 8.12. The van der Waals surface area contributed by atoms with Gasteiger partial charge in [-0.05, 0) is 70.4 Å². The van der Waals surface area contributed by atoms with E-state index in [4.69, 9.17) is 13.8 Å². The van der Waals surface area contributed by atoms with Crippen molar-refractivity contribution in [3.63, 3.8) is 0 Å². The van der Waals surface area contributed by atoms with Crippen LogP contribution in [0, 0.1) is 0 Å². The molecule has 0 aliphatic heterocycles. The lowest BCUT2D eigenvalue weighted by Crippen LogP contribution is -2.12. The normalized spacial score (nSPS) is 11.7. The van der Waals surface area contributed by atoms with Crippen molar-refractivity contribution >= 4 is 72.1 Å². The number of aromatic nitrogens is 2. The highest BCUT2D eigenvalue weighted by atomic mass is 16.3. The van der Waals surface area contributed by atoms with Gasteiger partial charge in [-0.15, -0.1) is 0 Å². The maximum Gasteiger partial charge on any atom is 0.229 e. The molecule has 9 rings (SSSR count). The molecule has 4 aromatic heterocycles. The summed E-state index contributed by atoms with van der Waals surface area (Å²) < 4.78 is 12.4. The first-order valence-corrected chi connectivity index (χ1v) is 14.2. The summed E-state index contributed by atoms with van der Waals surface area (Å²) >= 11 is 0. The number of rotatable bonds is 4. The molecule has 4 heterocycles. The van der Waals surface area contributed by atoms with Crippen LogP contribution in [0.5, 0.6) is 0 Å². The highest BCUT2D eigenvalue weighted by Gasteiger charge is 2.23. The van der Waals surface area contributed by atoms with E-state index >= 15 is 0 Å². The largest absolute Gasteiger partial charge is 0.454 e. The summed E-state index contributed by atoms with van der Waals surface area (Å²) in [7, 11) is 0. The number of furan rings is 2. The zero-order valence-corrected chi connectivity index (χ0v) is 22.9. The minimum Gasteiger partial charge on any atom is -0.454 e. The van der Waals surface area contributed by atoms with Crippen LogP contribution >= 0.6 is 0 Å². The smallest absolute Gasteiger partial charge is 0.229 e. The number of para-hydroxylation sites is 2. The summed E-state index contributed by atoms with van der Waals surface area (Å²) in [5.74, 6) is 0.770. The van der Waals surface area contributed by atoms with E-state index in [0.717, 1.165) is 72.1 Å². The lowest BCUT2D eigenvalue weighted by molar-refractivity contribution is 0.654. The summed E-state index contributed by atoms with van der Waals surface area (Å²) in [5, 5.41) is 5.25. The molecule has 0 N–H and O–H groups in total. The van der Waals surface area contributed by atoms with Crippen molar-refractivity contribution < 1.29 is 8.83 Å². The van der Waals surface area contributed by atoms with Gasteiger partial charge in [0.25, 0.3) is 0 Å². The van der Waals surface area contributed by atoms with Crippen LogP contribution in [0.3, 0.4) is 0 Å². The van der Waals surface area contributed by atoms with Gasteiger partial charge in [0.15, 0.2) is 5.58 Å². The fraction of sp³-hybridized carbons (Fsp3) is 0. The van der Waals surface area contributed by atoms with Gasteiger partial charge >= 0.3 is 0 Å². The van der Waals surface area contributed by atoms with Crippen LogP contribution in [0.2, 0.25) is 0 Å². The minimum absolute atomic E-state index is 0.586. The van der Waals surface area contributed by atoms with Gasteiger partial charge in [0, 0.05) is 22.7 Å². The maximum atomic E-state index is 6.22. The molecule has 0 radical (unpaired) electrons. The van der Waals surface area contributed by atoms with E-state index in [1.165, 1.54) is 5.39 Å². The maximum absolute atomic E-state index is 6.22. The van der Waals surface area contributed by atoms with Crippen LogP contribution in [0.4, 0.5) is 17.2 Å². The predicted octanol–water partition coefficient (Wildman–Crippen LogP) is 10.6. The number of hydrogen-bond acceptors (Lipinski definition) is 5. The Bertz CT molecular complexity index is 2480. The lowest BCUT2D eigenvalue weighted by Gasteiger charge is -2.26. The van der Waals surface area contributed by atoms with E-state index in [2.05, 4.69) is 82.7 Å². The highest BCUT2D eigenvalue weighted by molar-refractivity contribution is 6.13. The molecule has 9 aromatic rings. The van der Waals surface area contributed by atoms with E-state index in [1.807, 2.05) is 60.7 Å². The second-order valence-corrected chi connectivity index (χ2v) is 10.6. The van der Waals surface area contributed by atoms with Crippen LogP contribution < -0.4 is 4.90 Å². The molecule has 5 aromatic carbocycles. The number of benzene rings is 5. The summed E-state index contributed by atoms with van der Waals surface area (Å²) in [6.07, 6.45) is 1.80. The summed E-state index contributed by atoms with van der Waals surface area (Å²) in [6, 6.07) is 45.7. The summed E-state index contributed by atoms with van der Waals surface area (Å²) in [4.78, 5) is 12.1. The Morgan fingerprint density at radius 1 is 0.558 bits per heavy atom. The molecule has 0 bridgehead atoms. The minimum atomic E-state index is 0.586. The van der Waals surface area contributed by atoms with Crippen LogP contribution in [-0.2, 0) is 0 Å². The van der Waals surface area contributed by atoms with E-state index < -0.39 is 0 Å². The average molecular weight is 554 g/mol. The SMILES string of the molecule is c1ccc(-c2cc(N(c3ccc4oc5ccccc5c4n3)c3ccnc4oc5ccccc5c34)cc3ccccc23)cc1. The van der Waals surface area contributed by atoms with Crippen molar-refractivity contribution in [2.24, 2.45) is 0 Å². The Balaban J connectivity index is 1.39. The molecule has 0 unspecified atom stereocenters. The van der Waals surface area contributed by atoms with Crippen LogP contribution in [0.1, 0.15) is 0 Å². The van der Waals surface area contributed by atoms with Gasteiger partial charge in [0.2, 0.25) is 5.71 Å². The van der Waals surface area contributed by atoms with Crippen LogP contribution in [-0.4, -0.2) is 9.97 Å². The van der Waals surface area contributed by atoms with E-state index in [1.54, 1.807) is 6.20 Å². The molecular weight excluding hydrogens is 530 g/mol. The number of nitrogens with zero attached hydrogens (tertiary/aromatic N) is 3. The number of fused-ring (bicyclic) bond motifs is 7. The zero-order valence-electron chi connectivity index (χ0n) is 22.9. The quantitative estimate of drug-likeness (QED) is 0.217. The van der Waals surface area contributed by atoms with Gasteiger partial charge in [-0.2, -0.15) is 0 Å². The average Bonchev–Trinajstić information content (AvgIpc) is 3.63. The van der Waals surface area contributed by atoms with Gasteiger partial charge in [-0.25, -0.2) is 9.97 Å². The number of anilines is 3. The van der Waals surface area contributed by atoms with Gasteiger partial charge < -0.3 is 8.83 Å². The monoisotopic (exact) mass is 553 g/mol. The molecule has 0 aliphatic rings. The van der Waals surface area contributed by atoms with Crippen LogP contribution in [0.15, 0.2) is 148 Å². The second-order valence-electron chi connectivity index (χ2n) is 10.6. The Kier molecular flexibility index (Phi) is 5.13. The Morgan fingerprint density at radius 3 is 2.14 bits per heavy atom. The van der Waals surface area contributed by atoms with Gasteiger partial charge in [0.1, 0.15) is 22.5 Å². The number of pyridine rings is 2. The lowest BCUT2D eigenvalue weighted by atomic mass is 9.97.